The van der Waals surface area contributed by atoms with E-state index in [9.17, 15) is 4.79 Å². The maximum absolute atomic E-state index is 10.3. The second-order valence-electron chi connectivity index (χ2n) is 9.61. The van der Waals surface area contributed by atoms with E-state index in [1.165, 1.54) is 83.5 Å². The Kier molecular flexibility index (Phi) is 32.0. The van der Waals surface area contributed by atoms with Crippen molar-refractivity contribution < 1.29 is 41.6 Å². The van der Waals surface area contributed by atoms with Crippen LogP contribution in [0.25, 0.3) is 0 Å². The van der Waals surface area contributed by atoms with Crippen molar-refractivity contribution in [3.8, 4) is 0 Å². The van der Waals surface area contributed by atoms with Gasteiger partial charge in [-0.1, -0.05) is 96.8 Å². The summed E-state index contributed by atoms with van der Waals surface area (Å²) in [4.78, 5) is 10.3. The lowest BCUT2D eigenvalue weighted by Crippen LogP contribution is -2.42. The Morgan fingerprint density at radius 3 is 1.53 bits per heavy atom. The number of unbranched alkanes of at least 4 members (excludes halogenated alkanes) is 14. The summed E-state index contributed by atoms with van der Waals surface area (Å²) in [7, 11) is 1.06. The molecule has 1 aliphatic rings. The van der Waals surface area contributed by atoms with Crippen molar-refractivity contribution in [2.75, 3.05) is 41.2 Å². The van der Waals surface area contributed by atoms with Gasteiger partial charge in [0.25, 0.3) is 0 Å². The van der Waals surface area contributed by atoms with Crippen molar-refractivity contribution in [1.82, 2.24) is 0 Å². The van der Waals surface area contributed by atoms with Crippen molar-refractivity contribution >= 4 is 24.1 Å². The molecule has 0 aromatic carbocycles. The van der Waals surface area contributed by atoms with Gasteiger partial charge in [-0.2, -0.15) is 0 Å². The van der Waals surface area contributed by atoms with Crippen LogP contribution in [0.3, 0.4) is 0 Å². The van der Waals surface area contributed by atoms with E-state index < -0.39 is 24.1 Å². The smallest absolute Gasteiger partial charge is 0.481 e. The number of epoxide rings is 1. The average molecular weight is 581 g/mol. The molecule has 38 heavy (non-hydrogen) atoms. The zero-order valence-electron chi connectivity index (χ0n) is 24.6. The first-order chi connectivity index (χ1) is 18.4. The Morgan fingerprint density at radius 1 is 0.789 bits per heavy atom. The number of rotatable bonds is 25. The van der Waals surface area contributed by atoms with Crippen molar-refractivity contribution in [1.29, 1.82) is 0 Å². The molecular weight excluding hydrogens is 524 g/mol. The Hall–Kier alpha value is -0.696. The molecular formula is C27H56O9Si2. The van der Waals surface area contributed by atoms with Crippen LogP contribution in [0.2, 0.25) is 6.04 Å². The molecule has 0 radical (unpaired) electrons. The Labute approximate surface area is 235 Å². The summed E-state index contributed by atoms with van der Waals surface area (Å²) < 4.78 is 43.1. The van der Waals surface area contributed by atoms with Crippen LogP contribution < -0.4 is 0 Å². The van der Waals surface area contributed by atoms with Crippen molar-refractivity contribution in [3.63, 3.8) is 0 Å². The molecule has 1 unspecified atom stereocenters. The van der Waals surface area contributed by atoms with E-state index in [2.05, 4.69) is 6.92 Å². The van der Waals surface area contributed by atoms with E-state index in [-0.39, 0.29) is 0 Å². The SMILES string of the molecule is CCCCCCCCCCCCCCCCCC(=O)O.CO[Si](CCCOCC1CO1)(OC)OC.O=[Si]=O. The predicted molar refractivity (Wildman–Crippen MR) is 151 cm³/mol. The van der Waals surface area contributed by atoms with Crippen LogP contribution in [0.4, 0.5) is 0 Å². The van der Waals surface area contributed by atoms with Crippen LogP contribution >= 0.6 is 0 Å². The molecule has 9 nitrogen and oxygen atoms in total. The number of hydrogen-bond acceptors (Lipinski definition) is 8. The monoisotopic (exact) mass is 580 g/mol. The van der Waals surface area contributed by atoms with Gasteiger partial charge < -0.3 is 27.9 Å². The molecule has 1 fully saturated rings. The van der Waals surface area contributed by atoms with E-state index in [1.54, 1.807) is 21.3 Å². The van der Waals surface area contributed by atoms with Gasteiger partial charge in [-0.15, -0.1) is 0 Å². The molecule has 1 atom stereocenters. The van der Waals surface area contributed by atoms with Crippen LogP contribution in [0.15, 0.2) is 0 Å². The van der Waals surface area contributed by atoms with Crippen molar-refractivity contribution in [2.45, 2.75) is 128 Å². The van der Waals surface area contributed by atoms with E-state index in [0.717, 1.165) is 31.9 Å². The number of carboxylic acids is 1. The Morgan fingerprint density at radius 2 is 1.18 bits per heavy atom. The quantitative estimate of drug-likeness (QED) is 0.0744. The standard InChI is InChI=1S/C18H36O2.C9H20O5Si.O2Si/c1-2-3-4-5-6-7-8-9-10-11-12-13-14-15-16-17-18(19)20;1-10-15(11-2,12-3)6-4-5-13-7-9-8-14-9;1-3-2/h2-17H2,1H3,(H,19,20);9H,4-8H2,1-3H3;. The van der Waals surface area contributed by atoms with Gasteiger partial charge in [0, 0.05) is 40.4 Å². The molecule has 226 valence electrons. The third kappa shape index (κ3) is 29.9. The topological polar surface area (TPSA) is 121 Å². The molecule has 1 saturated heterocycles. The summed E-state index contributed by atoms with van der Waals surface area (Å²) in [5.74, 6) is -0.653. The molecule has 11 heteroatoms. The van der Waals surface area contributed by atoms with Gasteiger partial charge in [-0.05, 0) is 12.8 Å². The molecule has 1 heterocycles. The van der Waals surface area contributed by atoms with Gasteiger partial charge in [-0.3, -0.25) is 13.7 Å². The van der Waals surface area contributed by atoms with Crippen molar-refractivity contribution in [3.05, 3.63) is 0 Å². The number of carboxylic acid groups (broad SMARTS) is 1. The highest BCUT2D eigenvalue weighted by molar-refractivity contribution is 6.60. The minimum absolute atomic E-state index is 0.333. The lowest BCUT2D eigenvalue weighted by molar-refractivity contribution is -0.137. The predicted octanol–water partition coefficient (Wildman–Crippen LogP) is 6.38. The fraction of sp³-hybridized carbons (Fsp3) is 0.963. The minimum Gasteiger partial charge on any atom is -0.481 e. The fourth-order valence-electron chi connectivity index (χ4n) is 3.97. The molecule has 1 N–H and O–H groups in total. The normalized spacial score (nSPS) is 14.1. The number of aliphatic carboxylic acids is 1. The maximum Gasteiger partial charge on any atom is 0.549 e. The lowest BCUT2D eigenvalue weighted by atomic mass is 10.0. The molecule has 1 rings (SSSR count). The maximum atomic E-state index is 10.3. The van der Waals surface area contributed by atoms with Crippen LogP contribution in [-0.2, 0) is 36.5 Å². The number of carbonyl (C=O) groups is 1. The summed E-state index contributed by atoms with van der Waals surface area (Å²) in [6.07, 6.45) is 21.4. The van der Waals surface area contributed by atoms with Crippen molar-refractivity contribution in [2.24, 2.45) is 0 Å². The summed E-state index contributed by atoms with van der Waals surface area (Å²) in [6, 6.07) is 0.780. The molecule has 0 saturated carbocycles. The number of ether oxygens (including phenoxy) is 2. The van der Waals surface area contributed by atoms with E-state index >= 15 is 0 Å². The largest absolute Gasteiger partial charge is 0.549 e. The van der Waals surface area contributed by atoms with E-state index in [4.69, 9.17) is 36.8 Å². The Balaban J connectivity index is 0. The van der Waals surface area contributed by atoms with Gasteiger partial charge in [0.05, 0.1) is 13.2 Å². The first kappa shape index (κ1) is 39.4. The molecule has 0 aromatic heterocycles. The molecule has 0 spiro atoms. The third-order valence-electron chi connectivity index (χ3n) is 6.40. The first-order valence-corrected chi connectivity index (χ1v) is 17.3. The van der Waals surface area contributed by atoms with Crippen LogP contribution in [0.5, 0.6) is 0 Å². The fourth-order valence-corrected chi connectivity index (χ4v) is 5.66. The molecule has 0 amide bonds. The minimum atomic E-state index is -2.39. The highest BCUT2D eigenvalue weighted by atomic mass is 28.4. The van der Waals surface area contributed by atoms with Gasteiger partial charge >= 0.3 is 24.1 Å². The van der Waals surface area contributed by atoms with Gasteiger partial charge in [0.15, 0.2) is 0 Å². The van der Waals surface area contributed by atoms with Crippen LogP contribution in [0, 0.1) is 0 Å². The van der Waals surface area contributed by atoms with Gasteiger partial charge in [0.2, 0.25) is 0 Å². The van der Waals surface area contributed by atoms with Crippen LogP contribution in [-0.4, -0.2) is 76.4 Å². The average Bonchev–Trinajstić information content (AvgIpc) is 3.74. The highest BCUT2D eigenvalue weighted by Gasteiger charge is 2.36. The van der Waals surface area contributed by atoms with Gasteiger partial charge in [-0.25, -0.2) is 0 Å². The molecule has 1 aliphatic heterocycles. The number of hydrogen-bond donors (Lipinski definition) is 1. The summed E-state index contributed by atoms with van der Waals surface area (Å²) >= 11 is 0. The zero-order valence-corrected chi connectivity index (χ0v) is 26.6. The Bertz CT molecular complexity index is 530. The van der Waals surface area contributed by atoms with Crippen LogP contribution in [0.1, 0.15) is 116 Å². The molecule has 0 aromatic rings. The van der Waals surface area contributed by atoms with E-state index in [0.29, 0.717) is 25.7 Å². The summed E-state index contributed by atoms with van der Waals surface area (Å²) in [5, 5.41) is 8.52. The summed E-state index contributed by atoms with van der Waals surface area (Å²) in [6.45, 7) is 4.51. The first-order valence-electron chi connectivity index (χ1n) is 14.5. The lowest BCUT2D eigenvalue weighted by Gasteiger charge is -2.24. The highest BCUT2D eigenvalue weighted by Crippen LogP contribution is 2.16. The second-order valence-corrected chi connectivity index (χ2v) is 12.9. The summed E-state index contributed by atoms with van der Waals surface area (Å²) in [5.41, 5.74) is 0. The molecule has 0 aliphatic carbocycles. The third-order valence-corrected chi connectivity index (χ3v) is 9.24. The van der Waals surface area contributed by atoms with Gasteiger partial charge in [0.1, 0.15) is 6.10 Å². The molecule has 0 bridgehead atoms. The zero-order chi connectivity index (χ0) is 28.7. The van der Waals surface area contributed by atoms with E-state index in [1.807, 2.05) is 0 Å². The second kappa shape index (κ2) is 30.8.